The molecule has 0 aliphatic carbocycles. The number of thiocarbonyl (C=S) groups is 1. The summed E-state index contributed by atoms with van der Waals surface area (Å²) in [5.41, 5.74) is 5.99. The maximum absolute atomic E-state index is 11.7. The smallest absolute Gasteiger partial charge is 0.276 e. The van der Waals surface area contributed by atoms with Gasteiger partial charge in [-0.2, -0.15) is 0 Å². The number of benzene rings is 1. The number of nitrogens with one attached hydrogen (secondary N) is 3. The average molecular weight is 344 g/mol. The van der Waals surface area contributed by atoms with Crippen LogP contribution in [0.15, 0.2) is 18.2 Å². The van der Waals surface area contributed by atoms with Crippen molar-refractivity contribution in [2.45, 2.75) is 27.2 Å². The van der Waals surface area contributed by atoms with E-state index < -0.39 is 0 Å². The molecule has 0 heterocycles. The second kappa shape index (κ2) is 9.48. The highest BCUT2D eigenvalue weighted by Crippen LogP contribution is 2.21. The summed E-state index contributed by atoms with van der Waals surface area (Å²) in [5, 5.41) is 4.03. The Morgan fingerprint density at radius 1 is 1.36 bits per heavy atom. The van der Waals surface area contributed by atoms with Gasteiger partial charge in [-0.15, -0.1) is 0 Å². The molecule has 0 aliphatic rings. The predicted molar refractivity (Wildman–Crippen MR) is 93.0 cm³/mol. The lowest BCUT2D eigenvalue weighted by Crippen LogP contribution is -2.48. The van der Waals surface area contributed by atoms with Gasteiger partial charge < -0.3 is 10.1 Å². The fourth-order valence-corrected chi connectivity index (χ4v) is 1.98. The molecule has 1 aromatic carbocycles. The molecule has 0 fully saturated rings. The van der Waals surface area contributed by atoms with Crippen molar-refractivity contribution in [3.05, 3.63) is 28.8 Å². The minimum atomic E-state index is -0.317. The summed E-state index contributed by atoms with van der Waals surface area (Å²) in [5.74, 6) is 0.903. The van der Waals surface area contributed by atoms with Crippen LogP contribution >= 0.6 is 23.8 Å². The van der Waals surface area contributed by atoms with E-state index in [0.717, 1.165) is 18.5 Å². The molecule has 0 spiro atoms. The Kier molecular flexibility index (Phi) is 7.98. The molecule has 1 amide bonds. The van der Waals surface area contributed by atoms with Crippen molar-refractivity contribution in [3.8, 4) is 5.75 Å². The van der Waals surface area contributed by atoms with Crippen LogP contribution in [0, 0.1) is 12.8 Å². The summed E-state index contributed by atoms with van der Waals surface area (Å²) >= 11 is 10.9. The molecule has 0 bridgehead atoms. The van der Waals surface area contributed by atoms with E-state index in [9.17, 15) is 4.79 Å². The predicted octanol–water partition coefficient (Wildman–Crippen LogP) is 2.57. The van der Waals surface area contributed by atoms with E-state index in [1.807, 2.05) is 6.92 Å². The van der Waals surface area contributed by atoms with Crippen LogP contribution in [0.25, 0.3) is 0 Å². The van der Waals surface area contributed by atoms with E-state index in [1.54, 1.807) is 18.2 Å². The quantitative estimate of drug-likeness (QED) is 0.547. The van der Waals surface area contributed by atoms with Crippen molar-refractivity contribution in [1.82, 2.24) is 16.2 Å². The molecule has 0 saturated carbocycles. The Morgan fingerprint density at radius 3 is 2.73 bits per heavy atom. The SMILES string of the molecule is Cc1cc(Cl)ccc1OCC(=O)NNC(=S)NCCC(C)C. The van der Waals surface area contributed by atoms with Gasteiger partial charge in [-0.25, -0.2) is 0 Å². The molecule has 0 saturated heterocycles. The van der Waals surface area contributed by atoms with Gasteiger partial charge in [0.1, 0.15) is 5.75 Å². The Bertz CT molecular complexity index is 524. The molecule has 122 valence electrons. The van der Waals surface area contributed by atoms with E-state index in [1.165, 1.54) is 0 Å². The van der Waals surface area contributed by atoms with Gasteiger partial charge in [-0.3, -0.25) is 15.6 Å². The number of amides is 1. The largest absolute Gasteiger partial charge is 0.483 e. The lowest BCUT2D eigenvalue weighted by atomic mass is 10.1. The van der Waals surface area contributed by atoms with Gasteiger partial charge in [0, 0.05) is 11.6 Å². The van der Waals surface area contributed by atoms with E-state index in [2.05, 4.69) is 30.0 Å². The molecule has 7 heteroatoms. The van der Waals surface area contributed by atoms with Crippen LogP contribution in [0.1, 0.15) is 25.8 Å². The van der Waals surface area contributed by atoms with E-state index in [0.29, 0.717) is 21.8 Å². The summed E-state index contributed by atoms with van der Waals surface area (Å²) < 4.78 is 5.42. The van der Waals surface area contributed by atoms with Gasteiger partial charge >= 0.3 is 0 Å². The Balaban J connectivity index is 2.24. The Labute approximate surface area is 141 Å². The molecule has 22 heavy (non-hydrogen) atoms. The van der Waals surface area contributed by atoms with Crippen molar-refractivity contribution in [1.29, 1.82) is 0 Å². The third kappa shape index (κ3) is 7.47. The molecule has 0 unspecified atom stereocenters. The minimum Gasteiger partial charge on any atom is -0.483 e. The maximum atomic E-state index is 11.7. The van der Waals surface area contributed by atoms with Crippen LogP contribution in [0.4, 0.5) is 0 Å². The Morgan fingerprint density at radius 2 is 2.09 bits per heavy atom. The minimum absolute atomic E-state index is 0.107. The Hall–Kier alpha value is -1.53. The molecule has 1 rings (SSSR count). The van der Waals surface area contributed by atoms with Gasteiger partial charge in [0.15, 0.2) is 11.7 Å². The normalized spacial score (nSPS) is 10.2. The van der Waals surface area contributed by atoms with E-state index >= 15 is 0 Å². The standard InChI is InChI=1S/C15H22ClN3O2S/c1-10(2)6-7-17-15(22)19-18-14(20)9-21-13-5-4-12(16)8-11(13)3/h4-5,8,10H,6-7,9H2,1-3H3,(H,18,20)(H2,17,19,22). The molecule has 1 aromatic rings. The van der Waals surface area contributed by atoms with E-state index in [-0.39, 0.29) is 12.5 Å². The number of carbonyl (C=O) groups is 1. The summed E-state index contributed by atoms with van der Waals surface area (Å²) in [6, 6.07) is 5.23. The summed E-state index contributed by atoms with van der Waals surface area (Å²) in [7, 11) is 0. The van der Waals surface area contributed by atoms with Crippen molar-refractivity contribution in [3.63, 3.8) is 0 Å². The molecule has 0 radical (unpaired) electrons. The second-order valence-corrected chi connectivity index (χ2v) is 6.15. The molecule has 3 N–H and O–H groups in total. The third-order valence-electron chi connectivity index (χ3n) is 2.82. The summed E-state index contributed by atoms with van der Waals surface area (Å²) in [6.45, 7) is 6.79. The van der Waals surface area contributed by atoms with Crippen LogP contribution in [-0.4, -0.2) is 24.2 Å². The van der Waals surface area contributed by atoms with Crippen LogP contribution < -0.4 is 20.9 Å². The number of halogens is 1. The zero-order valence-electron chi connectivity index (χ0n) is 13.0. The van der Waals surface area contributed by atoms with Gasteiger partial charge in [-0.1, -0.05) is 25.4 Å². The fourth-order valence-electron chi connectivity index (χ4n) is 1.60. The van der Waals surface area contributed by atoms with Crippen molar-refractivity contribution < 1.29 is 9.53 Å². The van der Waals surface area contributed by atoms with Crippen LogP contribution in [0.3, 0.4) is 0 Å². The first-order chi connectivity index (χ1) is 10.4. The molecule has 0 aliphatic heterocycles. The zero-order chi connectivity index (χ0) is 16.5. The van der Waals surface area contributed by atoms with Crippen molar-refractivity contribution in [2.24, 2.45) is 5.92 Å². The van der Waals surface area contributed by atoms with Gasteiger partial charge in [-0.05, 0) is 55.2 Å². The molecular formula is C15H22ClN3O2S. The highest BCUT2D eigenvalue weighted by Gasteiger charge is 2.06. The third-order valence-corrected chi connectivity index (χ3v) is 3.30. The summed E-state index contributed by atoms with van der Waals surface area (Å²) in [4.78, 5) is 11.7. The molecular weight excluding hydrogens is 322 g/mol. The number of rotatable bonds is 6. The first-order valence-corrected chi connectivity index (χ1v) is 7.88. The number of hydrogen-bond donors (Lipinski definition) is 3. The molecule has 0 aromatic heterocycles. The lowest BCUT2D eigenvalue weighted by molar-refractivity contribution is -0.123. The fraction of sp³-hybridized carbons (Fsp3) is 0.467. The number of ether oxygens (including phenoxy) is 1. The zero-order valence-corrected chi connectivity index (χ0v) is 14.6. The van der Waals surface area contributed by atoms with Crippen molar-refractivity contribution in [2.75, 3.05) is 13.2 Å². The van der Waals surface area contributed by atoms with E-state index in [4.69, 9.17) is 28.6 Å². The molecule has 0 atom stereocenters. The number of hydrogen-bond acceptors (Lipinski definition) is 3. The lowest BCUT2D eigenvalue weighted by Gasteiger charge is -2.13. The topological polar surface area (TPSA) is 62.4 Å². The van der Waals surface area contributed by atoms with Gasteiger partial charge in [0.05, 0.1) is 0 Å². The first-order valence-electron chi connectivity index (χ1n) is 7.10. The summed E-state index contributed by atoms with van der Waals surface area (Å²) in [6.07, 6.45) is 1.01. The number of hydrazine groups is 1. The van der Waals surface area contributed by atoms with Gasteiger partial charge in [0.2, 0.25) is 0 Å². The van der Waals surface area contributed by atoms with Crippen LogP contribution in [0.2, 0.25) is 5.02 Å². The van der Waals surface area contributed by atoms with Gasteiger partial charge in [0.25, 0.3) is 5.91 Å². The average Bonchev–Trinajstić information content (AvgIpc) is 2.43. The van der Waals surface area contributed by atoms with Crippen LogP contribution in [-0.2, 0) is 4.79 Å². The highest BCUT2D eigenvalue weighted by atomic mass is 35.5. The number of carbonyl (C=O) groups excluding carboxylic acids is 1. The highest BCUT2D eigenvalue weighted by molar-refractivity contribution is 7.80. The first kappa shape index (κ1) is 18.5. The second-order valence-electron chi connectivity index (χ2n) is 5.31. The number of aryl methyl sites for hydroxylation is 1. The maximum Gasteiger partial charge on any atom is 0.276 e. The van der Waals surface area contributed by atoms with Crippen LogP contribution in [0.5, 0.6) is 5.75 Å². The monoisotopic (exact) mass is 343 g/mol. The molecule has 5 nitrogen and oxygen atoms in total. The van der Waals surface area contributed by atoms with Crippen molar-refractivity contribution >= 4 is 34.8 Å².